The first kappa shape index (κ1) is 15.8. The molecule has 1 aliphatic rings. The molecule has 126 valence electrons. The number of carbonyl (C=O) groups excluding carboxylic acids is 1. The second-order valence-corrected chi connectivity index (χ2v) is 6.72. The van der Waals surface area contributed by atoms with E-state index in [1.807, 2.05) is 37.3 Å². The summed E-state index contributed by atoms with van der Waals surface area (Å²) in [6.45, 7) is 1.89. The molecular weight excluding hydrogens is 338 g/mol. The van der Waals surface area contributed by atoms with Gasteiger partial charge in [0.25, 0.3) is 0 Å². The van der Waals surface area contributed by atoms with E-state index in [1.54, 1.807) is 18.2 Å². The summed E-state index contributed by atoms with van der Waals surface area (Å²) in [5.41, 5.74) is 1.76. The second-order valence-electron chi connectivity index (χ2n) is 6.28. The smallest absolute Gasteiger partial charge is 0.237 e. The summed E-state index contributed by atoms with van der Waals surface area (Å²) >= 11 is 5.91. The molecule has 0 unspecified atom stereocenters. The number of anilines is 1. The van der Waals surface area contributed by atoms with Gasteiger partial charge in [0, 0.05) is 22.3 Å². The number of nitrogens with zero attached hydrogens (tertiary/aromatic N) is 2. The predicted molar refractivity (Wildman–Crippen MR) is 95.5 cm³/mol. The summed E-state index contributed by atoms with van der Waals surface area (Å²) in [4.78, 5) is 17.1. The summed E-state index contributed by atoms with van der Waals surface area (Å²) < 4.78 is 5.45. The van der Waals surface area contributed by atoms with Crippen molar-refractivity contribution < 1.29 is 9.32 Å². The molecule has 1 N–H and O–H groups in total. The number of rotatable bonds is 4. The van der Waals surface area contributed by atoms with Crippen molar-refractivity contribution in [2.45, 2.75) is 25.2 Å². The van der Waals surface area contributed by atoms with Gasteiger partial charge in [-0.05, 0) is 56.2 Å². The van der Waals surface area contributed by atoms with Crippen LogP contribution in [0.2, 0.25) is 5.02 Å². The second kappa shape index (κ2) is 6.01. The Kier molecular flexibility index (Phi) is 3.81. The molecule has 0 radical (unpaired) electrons. The minimum Gasteiger partial charge on any atom is -0.356 e. The molecule has 0 atom stereocenters. The van der Waals surface area contributed by atoms with Crippen LogP contribution in [-0.2, 0) is 10.2 Å². The Hall–Kier alpha value is -2.66. The number of aryl methyl sites for hydroxylation is 1. The first-order valence-electron chi connectivity index (χ1n) is 8.05. The van der Waals surface area contributed by atoms with Crippen LogP contribution < -0.4 is 5.32 Å². The average Bonchev–Trinajstić information content (AvgIpc) is 3.26. The van der Waals surface area contributed by atoms with E-state index in [-0.39, 0.29) is 5.91 Å². The molecule has 1 fully saturated rings. The zero-order chi connectivity index (χ0) is 17.4. The Balaban J connectivity index is 1.57. The monoisotopic (exact) mass is 353 g/mol. The van der Waals surface area contributed by atoms with Crippen LogP contribution in [0, 0.1) is 6.92 Å². The van der Waals surface area contributed by atoms with Crippen LogP contribution in [0.25, 0.3) is 11.3 Å². The SMILES string of the molecule is Cc1cccc(NC(=O)C2(c3cc(-c4ccc(Cl)cc4)on3)CC2)n1. The number of nitrogens with one attached hydrogen (secondary N) is 1. The van der Waals surface area contributed by atoms with Gasteiger partial charge in [-0.3, -0.25) is 4.79 Å². The zero-order valence-electron chi connectivity index (χ0n) is 13.6. The van der Waals surface area contributed by atoms with E-state index in [9.17, 15) is 4.79 Å². The van der Waals surface area contributed by atoms with Crippen molar-refractivity contribution in [3.8, 4) is 11.3 Å². The minimum atomic E-state index is -0.625. The van der Waals surface area contributed by atoms with Crippen molar-refractivity contribution in [3.63, 3.8) is 0 Å². The maximum atomic E-state index is 12.7. The fourth-order valence-electron chi connectivity index (χ4n) is 2.82. The molecule has 5 nitrogen and oxygen atoms in total. The van der Waals surface area contributed by atoms with Crippen molar-refractivity contribution in [2.24, 2.45) is 0 Å². The predicted octanol–water partition coefficient (Wildman–Crippen LogP) is 4.37. The van der Waals surface area contributed by atoms with E-state index >= 15 is 0 Å². The van der Waals surface area contributed by atoms with Crippen LogP contribution in [0.5, 0.6) is 0 Å². The molecule has 1 aromatic carbocycles. The topological polar surface area (TPSA) is 68.0 Å². The van der Waals surface area contributed by atoms with Crippen LogP contribution in [0.1, 0.15) is 24.2 Å². The molecule has 1 aliphatic carbocycles. The van der Waals surface area contributed by atoms with Crippen molar-refractivity contribution in [2.75, 3.05) is 5.32 Å². The fourth-order valence-corrected chi connectivity index (χ4v) is 2.95. The molecule has 25 heavy (non-hydrogen) atoms. The molecular formula is C19H16ClN3O2. The molecule has 0 bridgehead atoms. The Morgan fingerprint density at radius 2 is 1.96 bits per heavy atom. The number of hydrogen-bond donors (Lipinski definition) is 1. The molecule has 2 heterocycles. The molecule has 1 saturated carbocycles. The van der Waals surface area contributed by atoms with Gasteiger partial charge in [0.05, 0.1) is 11.1 Å². The summed E-state index contributed by atoms with van der Waals surface area (Å²) in [7, 11) is 0. The Morgan fingerprint density at radius 3 is 2.64 bits per heavy atom. The van der Waals surface area contributed by atoms with Crippen molar-refractivity contribution >= 4 is 23.3 Å². The lowest BCUT2D eigenvalue weighted by Crippen LogP contribution is -2.28. The lowest BCUT2D eigenvalue weighted by Gasteiger charge is -2.12. The minimum absolute atomic E-state index is 0.0958. The molecule has 2 aromatic heterocycles. The van der Waals surface area contributed by atoms with Crippen LogP contribution >= 0.6 is 11.6 Å². The number of aromatic nitrogens is 2. The quantitative estimate of drug-likeness (QED) is 0.756. The van der Waals surface area contributed by atoms with Gasteiger partial charge in [0.15, 0.2) is 5.76 Å². The summed E-state index contributed by atoms with van der Waals surface area (Å²) in [6.07, 6.45) is 1.49. The van der Waals surface area contributed by atoms with Crippen LogP contribution in [0.15, 0.2) is 53.1 Å². The van der Waals surface area contributed by atoms with E-state index in [0.717, 1.165) is 24.1 Å². The van der Waals surface area contributed by atoms with E-state index in [4.69, 9.17) is 16.1 Å². The first-order valence-corrected chi connectivity index (χ1v) is 8.43. The highest BCUT2D eigenvalue weighted by atomic mass is 35.5. The maximum absolute atomic E-state index is 12.7. The summed E-state index contributed by atoms with van der Waals surface area (Å²) in [5, 5.41) is 7.69. The van der Waals surface area contributed by atoms with Crippen molar-refractivity contribution in [3.05, 3.63) is 64.9 Å². The number of amides is 1. The third kappa shape index (κ3) is 3.03. The molecule has 4 rings (SSSR count). The van der Waals surface area contributed by atoms with Gasteiger partial charge in [-0.1, -0.05) is 22.8 Å². The van der Waals surface area contributed by atoms with E-state index in [1.165, 1.54) is 0 Å². The van der Waals surface area contributed by atoms with Gasteiger partial charge in [0.2, 0.25) is 5.91 Å². The Bertz CT molecular complexity index is 930. The molecule has 0 aliphatic heterocycles. The number of benzene rings is 1. The summed E-state index contributed by atoms with van der Waals surface area (Å²) in [5.74, 6) is 1.08. The molecule has 6 heteroatoms. The average molecular weight is 354 g/mol. The highest BCUT2D eigenvalue weighted by Gasteiger charge is 2.54. The van der Waals surface area contributed by atoms with E-state index in [2.05, 4.69) is 15.5 Å². The number of pyridine rings is 1. The van der Waals surface area contributed by atoms with Crippen LogP contribution in [-0.4, -0.2) is 16.0 Å². The summed E-state index contributed by atoms with van der Waals surface area (Å²) in [6, 6.07) is 14.7. The Labute approximate surface area is 150 Å². The van der Waals surface area contributed by atoms with Gasteiger partial charge in [-0.15, -0.1) is 0 Å². The highest BCUT2D eigenvalue weighted by Crippen LogP contribution is 2.49. The third-order valence-electron chi connectivity index (χ3n) is 4.44. The number of hydrogen-bond acceptors (Lipinski definition) is 4. The van der Waals surface area contributed by atoms with E-state index < -0.39 is 5.41 Å². The lowest BCUT2D eigenvalue weighted by atomic mass is 10.0. The maximum Gasteiger partial charge on any atom is 0.237 e. The third-order valence-corrected chi connectivity index (χ3v) is 4.70. The van der Waals surface area contributed by atoms with Gasteiger partial charge in [-0.25, -0.2) is 4.98 Å². The normalized spacial score (nSPS) is 15.0. The largest absolute Gasteiger partial charge is 0.356 e. The standard InChI is InChI=1S/C19H16ClN3O2/c1-12-3-2-4-17(21-12)22-18(24)19(9-10-19)16-11-15(25-23-16)13-5-7-14(20)8-6-13/h2-8,11H,9-10H2,1H3,(H,21,22,24). The van der Waals surface area contributed by atoms with Gasteiger partial charge >= 0.3 is 0 Å². The first-order chi connectivity index (χ1) is 12.1. The van der Waals surface area contributed by atoms with Crippen molar-refractivity contribution in [1.29, 1.82) is 0 Å². The van der Waals surface area contributed by atoms with E-state index in [0.29, 0.717) is 22.3 Å². The van der Waals surface area contributed by atoms with Crippen molar-refractivity contribution in [1.82, 2.24) is 10.1 Å². The molecule has 0 spiro atoms. The van der Waals surface area contributed by atoms with Gasteiger partial charge in [0.1, 0.15) is 5.82 Å². The Morgan fingerprint density at radius 1 is 1.20 bits per heavy atom. The zero-order valence-corrected chi connectivity index (χ0v) is 14.4. The van der Waals surface area contributed by atoms with Crippen LogP contribution in [0.4, 0.5) is 5.82 Å². The lowest BCUT2D eigenvalue weighted by molar-refractivity contribution is -0.118. The molecule has 3 aromatic rings. The highest BCUT2D eigenvalue weighted by molar-refractivity contribution is 6.30. The molecule has 0 saturated heterocycles. The molecule has 1 amide bonds. The fraction of sp³-hybridized carbons (Fsp3) is 0.211. The number of halogens is 1. The van der Waals surface area contributed by atoms with Gasteiger partial charge in [-0.2, -0.15) is 0 Å². The van der Waals surface area contributed by atoms with Gasteiger partial charge < -0.3 is 9.84 Å². The van der Waals surface area contributed by atoms with Crippen LogP contribution in [0.3, 0.4) is 0 Å². The number of carbonyl (C=O) groups is 1.